The molecule has 0 fully saturated rings. The summed E-state index contributed by atoms with van der Waals surface area (Å²) in [6.07, 6.45) is 6.45. The smallest absolute Gasteiger partial charge is 0.261 e. The van der Waals surface area contributed by atoms with E-state index in [9.17, 15) is 9.59 Å². The van der Waals surface area contributed by atoms with Gasteiger partial charge in [0.25, 0.3) is 5.91 Å². The van der Waals surface area contributed by atoms with Crippen LogP contribution in [0.5, 0.6) is 5.75 Å². The lowest BCUT2D eigenvalue weighted by molar-refractivity contribution is -0.118. The van der Waals surface area contributed by atoms with Crippen LogP contribution in [0, 0.1) is 0 Å². The predicted octanol–water partition coefficient (Wildman–Crippen LogP) is 2.64. The van der Waals surface area contributed by atoms with Gasteiger partial charge in [-0.3, -0.25) is 14.3 Å². The molecule has 0 unspecified atom stereocenters. The molecule has 2 amide bonds. The molecule has 32 heavy (non-hydrogen) atoms. The van der Waals surface area contributed by atoms with Crippen LogP contribution in [0.15, 0.2) is 49.1 Å². The highest BCUT2D eigenvalue weighted by molar-refractivity contribution is 6.31. The number of hydrogen-bond acceptors (Lipinski definition) is 6. The van der Waals surface area contributed by atoms with E-state index < -0.39 is 0 Å². The third-order valence-corrected chi connectivity index (χ3v) is 4.90. The van der Waals surface area contributed by atoms with E-state index in [1.165, 1.54) is 17.6 Å². The van der Waals surface area contributed by atoms with Crippen molar-refractivity contribution in [2.24, 2.45) is 0 Å². The summed E-state index contributed by atoms with van der Waals surface area (Å²) in [5, 5.41) is 14.9. The minimum absolute atomic E-state index is 0.136. The van der Waals surface area contributed by atoms with Crippen molar-refractivity contribution in [3.05, 3.63) is 59.6 Å². The maximum absolute atomic E-state index is 13.1. The molecule has 0 bridgehead atoms. The summed E-state index contributed by atoms with van der Waals surface area (Å²) >= 11 is 6.21. The predicted molar refractivity (Wildman–Crippen MR) is 119 cm³/mol. The van der Waals surface area contributed by atoms with E-state index >= 15 is 0 Å². The Bertz CT molecular complexity index is 1300. The SMILES string of the molecule is COc1ccc(Cl)cc1-c1nn(CCNC(C)=O)cc1NC(=O)c1cnn2cccnc12. The van der Waals surface area contributed by atoms with Gasteiger partial charge in [-0.2, -0.15) is 10.2 Å². The molecule has 0 aliphatic rings. The Morgan fingerprint density at radius 2 is 2.12 bits per heavy atom. The molecule has 3 heterocycles. The van der Waals surface area contributed by atoms with Crippen LogP contribution in [0.25, 0.3) is 16.9 Å². The maximum atomic E-state index is 13.1. The van der Waals surface area contributed by atoms with Gasteiger partial charge in [0.1, 0.15) is 17.0 Å². The lowest BCUT2D eigenvalue weighted by Gasteiger charge is -2.09. The number of ether oxygens (including phenoxy) is 1. The van der Waals surface area contributed by atoms with Crippen molar-refractivity contribution >= 4 is 34.7 Å². The summed E-state index contributed by atoms with van der Waals surface area (Å²) in [4.78, 5) is 28.5. The zero-order valence-electron chi connectivity index (χ0n) is 17.4. The molecule has 3 aromatic heterocycles. The second-order valence-corrected chi connectivity index (χ2v) is 7.32. The van der Waals surface area contributed by atoms with Crippen LogP contribution in [0.4, 0.5) is 5.69 Å². The summed E-state index contributed by atoms with van der Waals surface area (Å²) in [5.41, 5.74) is 2.30. The van der Waals surface area contributed by atoms with Crippen LogP contribution >= 0.6 is 11.6 Å². The van der Waals surface area contributed by atoms with Crippen LogP contribution in [0.2, 0.25) is 5.02 Å². The van der Waals surface area contributed by atoms with Crippen LogP contribution < -0.4 is 15.4 Å². The molecule has 164 valence electrons. The van der Waals surface area contributed by atoms with Crippen molar-refractivity contribution in [2.75, 3.05) is 19.0 Å². The first-order chi connectivity index (χ1) is 15.5. The first kappa shape index (κ1) is 21.3. The molecule has 10 nitrogen and oxygen atoms in total. The fourth-order valence-corrected chi connectivity index (χ4v) is 3.39. The van der Waals surface area contributed by atoms with Gasteiger partial charge in [-0.05, 0) is 24.3 Å². The molecule has 0 saturated carbocycles. The van der Waals surface area contributed by atoms with Gasteiger partial charge < -0.3 is 15.4 Å². The third kappa shape index (κ3) is 4.40. The van der Waals surface area contributed by atoms with Gasteiger partial charge in [0.05, 0.1) is 25.5 Å². The molecule has 11 heteroatoms. The van der Waals surface area contributed by atoms with Gasteiger partial charge in [-0.25, -0.2) is 9.50 Å². The zero-order chi connectivity index (χ0) is 22.7. The van der Waals surface area contributed by atoms with Crippen molar-refractivity contribution in [3.8, 4) is 17.0 Å². The number of nitrogens with one attached hydrogen (secondary N) is 2. The third-order valence-electron chi connectivity index (χ3n) is 4.67. The van der Waals surface area contributed by atoms with E-state index in [-0.39, 0.29) is 11.8 Å². The van der Waals surface area contributed by atoms with Crippen LogP contribution in [-0.2, 0) is 11.3 Å². The minimum atomic E-state index is -0.387. The Kier molecular flexibility index (Phi) is 6.04. The molecule has 4 aromatic rings. The highest BCUT2D eigenvalue weighted by atomic mass is 35.5. The lowest BCUT2D eigenvalue weighted by atomic mass is 10.1. The normalized spacial score (nSPS) is 10.8. The quantitative estimate of drug-likeness (QED) is 0.444. The summed E-state index contributed by atoms with van der Waals surface area (Å²) in [5.74, 6) is 0.0278. The number of amides is 2. The molecule has 0 aliphatic carbocycles. The number of hydrogen-bond donors (Lipinski definition) is 2. The number of methoxy groups -OCH3 is 1. The fourth-order valence-electron chi connectivity index (χ4n) is 3.22. The lowest BCUT2D eigenvalue weighted by Crippen LogP contribution is -2.24. The first-order valence-electron chi connectivity index (χ1n) is 9.72. The largest absolute Gasteiger partial charge is 0.496 e. The number of fused-ring (bicyclic) bond motifs is 1. The van der Waals surface area contributed by atoms with Crippen molar-refractivity contribution in [2.45, 2.75) is 13.5 Å². The minimum Gasteiger partial charge on any atom is -0.496 e. The Morgan fingerprint density at radius 3 is 2.91 bits per heavy atom. The maximum Gasteiger partial charge on any atom is 0.261 e. The molecule has 0 atom stereocenters. The number of rotatable bonds is 7. The Morgan fingerprint density at radius 1 is 1.28 bits per heavy atom. The van der Waals surface area contributed by atoms with Gasteiger partial charge in [-0.15, -0.1) is 0 Å². The molecule has 1 aromatic carbocycles. The summed E-state index contributed by atoms with van der Waals surface area (Å²) < 4.78 is 8.62. The second-order valence-electron chi connectivity index (χ2n) is 6.88. The number of anilines is 1. The Hall–Kier alpha value is -3.92. The molecular weight excluding hydrogens is 434 g/mol. The van der Waals surface area contributed by atoms with E-state index in [1.54, 1.807) is 54.6 Å². The van der Waals surface area contributed by atoms with Gasteiger partial charge in [-0.1, -0.05) is 11.6 Å². The van der Waals surface area contributed by atoms with Crippen LogP contribution in [0.3, 0.4) is 0 Å². The monoisotopic (exact) mass is 453 g/mol. The number of halogens is 1. The van der Waals surface area contributed by atoms with E-state index in [1.807, 2.05) is 0 Å². The van der Waals surface area contributed by atoms with Gasteiger partial charge in [0.2, 0.25) is 5.91 Å². The standard InChI is InChI=1S/C21H20ClN7O3/c1-13(30)23-7-9-28-12-17(19(27-28)15-10-14(22)4-5-18(15)32-2)26-21(31)16-11-25-29-8-3-6-24-20(16)29/h3-6,8,10-12H,7,9H2,1-2H3,(H,23,30)(H,26,31). The molecule has 0 aliphatic heterocycles. The number of carbonyl (C=O) groups excluding carboxylic acids is 2. The van der Waals surface area contributed by atoms with E-state index in [4.69, 9.17) is 16.3 Å². The summed E-state index contributed by atoms with van der Waals surface area (Å²) in [6.45, 7) is 2.24. The first-order valence-corrected chi connectivity index (χ1v) is 10.1. The summed E-state index contributed by atoms with van der Waals surface area (Å²) in [6, 6.07) is 6.88. The van der Waals surface area contributed by atoms with Crippen molar-refractivity contribution in [1.29, 1.82) is 0 Å². The van der Waals surface area contributed by atoms with Gasteiger partial charge in [0, 0.05) is 42.6 Å². The number of aromatic nitrogens is 5. The highest BCUT2D eigenvalue weighted by Gasteiger charge is 2.20. The van der Waals surface area contributed by atoms with E-state index in [2.05, 4.69) is 25.8 Å². The topological polar surface area (TPSA) is 115 Å². The molecule has 0 spiro atoms. The van der Waals surface area contributed by atoms with Gasteiger partial charge in [0.15, 0.2) is 5.65 Å². The molecule has 4 rings (SSSR count). The Labute approximate surface area is 188 Å². The van der Waals surface area contributed by atoms with E-state index in [0.717, 1.165) is 0 Å². The molecule has 0 radical (unpaired) electrons. The zero-order valence-corrected chi connectivity index (χ0v) is 18.1. The second kappa shape index (κ2) is 9.06. The van der Waals surface area contributed by atoms with Crippen LogP contribution in [0.1, 0.15) is 17.3 Å². The average molecular weight is 454 g/mol. The average Bonchev–Trinajstić information content (AvgIpc) is 3.37. The number of carbonyl (C=O) groups is 2. The van der Waals surface area contributed by atoms with Crippen LogP contribution in [-0.4, -0.2) is 49.8 Å². The van der Waals surface area contributed by atoms with Crippen molar-refractivity contribution in [1.82, 2.24) is 29.7 Å². The number of benzene rings is 1. The molecule has 0 saturated heterocycles. The molecule has 2 N–H and O–H groups in total. The van der Waals surface area contributed by atoms with E-state index in [0.29, 0.717) is 52.0 Å². The van der Waals surface area contributed by atoms with Crippen molar-refractivity contribution in [3.63, 3.8) is 0 Å². The molecular formula is C21H20ClN7O3. The fraction of sp³-hybridized carbons (Fsp3) is 0.190. The number of nitrogens with zero attached hydrogens (tertiary/aromatic N) is 5. The van der Waals surface area contributed by atoms with Crippen molar-refractivity contribution < 1.29 is 14.3 Å². The highest BCUT2D eigenvalue weighted by Crippen LogP contribution is 2.36. The summed E-state index contributed by atoms with van der Waals surface area (Å²) in [7, 11) is 1.55. The van der Waals surface area contributed by atoms with Gasteiger partial charge >= 0.3 is 0 Å². The Balaban J connectivity index is 1.71.